The van der Waals surface area contributed by atoms with Crippen LogP contribution in [-0.2, 0) is 16.1 Å². The van der Waals surface area contributed by atoms with Crippen LogP contribution >= 0.6 is 15.9 Å². The summed E-state index contributed by atoms with van der Waals surface area (Å²) < 4.78 is 3.11. The first-order valence-corrected chi connectivity index (χ1v) is 8.72. The van der Waals surface area contributed by atoms with Gasteiger partial charge < -0.3 is 15.2 Å². The van der Waals surface area contributed by atoms with Gasteiger partial charge in [-0.1, -0.05) is 15.9 Å². The number of carbonyl (C=O) groups is 2. The Bertz CT molecular complexity index is 916. The van der Waals surface area contributed by atoms with Gasteiger partial charge in [0.1, 0.15) is 0 Å². The maximum absolute atomic E-state index is 12.2. The molecule has 3 aromatic rings. The minimum atomic E-state index is -0.122. The third kappa shape index (κ3) is 4.48. The molecule has 25 heavy (non-hydrogen) atoms. The lowest BCUT2D eigenvalue weighted by Gasteiger charge is -2.08. The number of rotatable bonds is 5. The molecule has 128 valence electrons. The van der Waals surface area contributed by atoms with E-state index in [1.807, 2.05) is 24.4 Å². The normalized spacial score (nSPS) is 10.6. The van der Waals surface area contributed by atoms with E-state index in [4.69, 9.17) is 0 Å². The molecule has 0 atom stereocenters. The molecule has 0 aliphatic carbocycles. The molecule has 5 nitrogen and oxygen atoms in total. The Morgan fingerprint density at radius 2 is 1.68 bits per heavy atom. The molecule has 0 aliphatic heterocycles. The van der Waals surface area contributed by atoms with Crippen LogP contribution in [-0.4, -0.2) is 16.4 Å². The molecule has 2 aromatic carbocycles. The van der Waals surface area contributed by atoms with Crippen molar-refractivity contribution in [3.63, 3.8) is 0 Å². The number of halogens is 1. The molecule has 0 saturated heterocycles. The number of nitrogens with zero attached hydrogens (tertiary/aromatic N) is 1. The fourth-order valence-electron chi connectivity index (χ4n) is 2.65. The number of nitrogens with one attached hydrogen (secondary N) is 2. The molecule has 0 unspecified atom stereocenters. The van der Waals surface area contributed by atoms with Gasteiger partial charge in [0, 0.05) is 52.8 Å². The van der Waals surface area contributed by atoms with Gasteiger partial charge in [0.15, 0.2) is 0 Å². The highest BCUT2D eigenvalue weighted by Crippen LogP contribution is 2.21. The van der Waals surface area contributed by atoms with Gasteiger partial charge in [0.05, 0.1) is 0 Å². The Labute approximate surface area is 154 Å². The standard InChI is InChI=1S/C19H18BrN3O2/c1-13(24)21-16-3-5-17(6-4-16)22-19(25)9-11-23-10-8-14-12-15(20)2-7-18(14)23/h2-8,10,12H,9,11H2,1H3,(H,21,24)(H,22,25). The van der Waals surface area contributed by atoms with Crippen molar-refractivity contribution in [2.75, 3.05) is 10.6 Å². The number of anilines is 2. The average Bonchev–Trinajstić information content (AvgIpc) is 2.96. The molecule has 0 aliphatic rings. The summed E-state index contributed by atoms with van der Waals surface area (Å²) in [6.07, 6.45) is 2.37. The van der Waals surface area contributed by atoms with E-state index < -0.39 is 0 Å². The number of hydrogen-bond acceptors (Lipinski definition) is 2. The molecule has 0 spiro atoms. The maximum Gasteiger partial charge on any atom is 0.226 e. The highest BCUT2D eigenvalue weighted by Gasteiger charge is 2.06. The zero-order valence-electron chi connectivity index (χ0n) is 13.8. The van der Waals surface area contributed by atoms with Crippen LogP contribution in [0.25, 0.3) is 10.9 Å². The molecular weight excluding hydrogens is 382 g/mol. The number of benzene rings is 2. The van der Waals surface area contributed by atoms with Crippen LogP contribution < -0.4 is 10.6 Å². The molecule has 1 heterocycles. The Hall–Kier alpha value is -2.60. The van der Waals surface area contributed by atoms with Crippen molar-refractivity contribution < 1.29 is 9.59 Å². The van der Waals surface area contributed by atoms with Gasteiger partial charge >= 0.3 is 0 Å². The maximum atomic E-state index is 12.2. The van der Waals surface area contributed by atoms with Crippen molar-refractivity contribution in [2.24, 2.45) is 0 Å². The van der Waals surface area contributed by atoms with Gasteiger partial charge in [0.2, 0.25) is 11.8 Å². The van der Waals surface area contributed by atoms with Crippen LogP contribution in [0.2, 0.25) is 0 Å². The van der Waals surface area contributed by atoms with Gasteiger partial charge in [-0.25, -0.2) is 0 Å². The minimum absolute atomic E-state index is 0.0498. The van der Waals surface area contributed by atoms with E-state index in [0.717, 1.165) is 15.4 Å². The molecule has 6 heteroatoms. The van der Waals surface area contributed by atoms with Crippen LogP contribution in [0.1, 0.15) is 13.3 Å². The summed E-state index contributed by atoms with van der Waals surface area (Å²) in [6.45, 7) is 2.07. The molecule has 0 saturated carbocycles. The number of carbonyl (C=O) groups excluding carboxylic acids is 2. The highest BCUT2D eigenvalue weighted by atomic mass is 79.9. The van der Waals surface area contributed by atoms with Gasteiger partial charge in [-0.2, -0.15) is 0 Å². The monoisotopic (exact) mass is 399 g/mol. The zero-order valence-corrected chi connectivity index (χ0v) is 15.3. The second kappa shape index (κ2) is 7.53. The number of fused-ring (bicyclic) bond motifs is 1. The predicted octanol–water partition coefficient (Wildman–Crippen LogP) is 4.39. The number of hydrogen-bond donors (Lipinski definition) is 2. The third-order valence-corrected chi connectivity index (χ3v) is 4.30. The SMILES string of the molecule is CC(=O)Nc1ccc(NC(=O)CCn2ccc3cc(Br)ccc32)cc1. The van der Waals surface area contributed by atoms with Crippen LogP contribution in [0, 0.1) is 0 Å². The molecule has 0 fully saturated rings. The molecule has 3 rings (SSSR count). The van der Waals surface area contributed by atoms with Crippen molar-refractivity contribution in [2.45, 2.75) is 19.9 Å². The second-order valence-electron chi connectivity index (χ2n) is 5.77. The van der Waals surface area contributed by atoms with Crippen LogP contribution in [0.3, 0.4) is 0 Å². The topological polar surface area (TPSA) is 63.1 Å². The molecule has 0 bridgehead atoms. The summed E-state index contributed by atoms with van der Waals surface area (Å²) in [4.78, 5) is 23.2. The smallest absolute Gasteiger partial charge is 0.226 e. The third-order valence-electron chi connectivity index (χ3n) is 3.80. The lowest BCUT2D eigenvalue weighted by atomic mass is 10.2. The van der Waals surface area contributed by atoms with E-state index in [-0.39, 0.29) is 11.8 Å². The quantitative estimate of drug-likeness (QED) is 0.667. The Morgan fingerprint density at radius 1 is 1.00 bits per heavy atom. The predicted molar refractivity (Wildman–Crippen MR) is 104 cm³/mol. The number of amides is 2. The van der Waals surface area contributed by atoms with Gasteiger partial charge in [-0.3, -0.25) is 9.59 Å². The van der Waals surface area contributed by atoms with Gasteiger partial charge in [0.25, 0.3) is 0 Å². The van der Waals surface area contributed by atoms with Crippen molar-refractivity contribution in [3.05, 3.63) is 59.2 Å². The Balaban J connectivity index is 1.58. The van der Waals surface area contributed by atoms with E-state index in [1.54, 1.807) is 24.3 Å². The molecular formula is C19H18BrN3O2. The lowest BCUT2D eigenvalue weighted by Crippen LogP contribution is -2.14. The van der Waals surface area contributed by atoms with Crippen molar-refractivity contribution in [3.8, 4) is 0 Å². The lowest BCUT2D eigenvalue weighted by molar-refractivity contribution is -0.116. The molecule has 0 radical (unpaired) electrons. The minimum Gasteiger partial charge on any atom is -0.347 e. The van der Waals surface area contributed by atoms with Gasteiger partial charge in [-0.05, 0) is 48.5 Å². The first-order valence-electron chi connectivity index (χ1n) is 7.93. The molecule has 2 N–H and O–H groups in total. The highest BCUT2D eigenvalue weighted by molar-refractivity contribution is 9.10. The average molecular weight is 400 g/mol. The van der Waals surface area contributed by atoms with Crippen LogP contribution in [0.4, 0.5) is 11.4 Å². The molecule has 1 aromatic heterocycles. The summed E-state index contributed by atoms with van der Waals surface area (Å²) in [5.74, 6) is -0.172. The van der Waals surface area contributed by atoms with Crippen molar-refractivity contribution >= 4 is 50.0 Å². The van der Waals surface area contributed by atoms with Crippen LogP contribution in [0.15, 0.2) is 59.2 Å². The zero-order chi connectivity index (χ0) is 17.8. The van der Waals surface area contributed by atoms with Gasteiger partial charge in [-0.15, -0.1) is 0 Å². The number of aryl methyl sites for hydroxylation is 1. The largest absolute Gasteiger partial charge is 0.347 e. The van der Waals surface area contributed by atoms with E-state index >= 15 is 0 Å². The van der Waals surface area contributed by atoms with E-state index in [0.29, 0.717) is 24.3 Å². The molecule has 2 amide bonds. The summed E-state index contributed by atoms with van der Waals surface area (Å²) in [5.41, 5.74) is 2.52. The Morgan fingerprint density at radius 3 is 2.36 bits per heavy atom. The van der Waals surface area contributed by atoms with E-state index in [2.05, 4.69) is 37.2 Å². The summed E-state index contributed by atoms with van der Waals surface area (Å²) >= 11 is 3.46. The van der Waals surface area contributed by atoms with E-state index in [9.17, 15) is 9.59 Å². The first kappa shape index (κ1) is 17.2. The number of aromatic nitrogens is 1. The summed E-state index contributed by atoms with van der Waals surface area (Å²) in [6, 6.07) is 15.2. The fourth-order valence-corrected chi connectivity index (χ4v) is 3.03. The summed E-state index contributed by atoms with van der Waals surface area (Å²) in [7, 11) is 0. The van der Waals surface area contributed by atoms with Crippen LogP contribution in [0.5, 0.6) is 0 Å². The van der Waals surface area contributed by atoms with Crippen molar-refractivity contribution in [1.29, 1.82) is 0 Å². The Kier molecular flexibility index (Phi) is 5.19. The summed E-state index contributed by atoms with van der Waals surface area (Å²) in [5, 5.41) is 6.70. The first-order chi connectivity index (χ1) is 12.0. The van der Waals surface area contributed by atoms with Crippen molar-refractivity contribution in [1.82, 2.24) is 4.57 Å². The van der Waals surface area contributed by atoms with E-state index in [1.165, 1.54) is 6.92 Å². The second-order valence-corrected chi connectivity index (χ2v) is 6.68. The fraction of sp³-hybridized carbons (Fsp3) is 0.158.